The normalized spacial score (nSPS) is 11.6. The number of aryl methyl sites for hydroxylation is 3. The number of nitrogens with one attached hydrogen (secondary N) is 1. The molecule has 0 atom stereocenters. The average molecular weight is 432 g/mol. The Kier molecular flexibility index (Phi) is 6.14. The van der Waals surface area contributed by atoms with Crippen LogP contribution in [0.5, 0.6) is 5.75 Å². The van der Waals surface area contributed by atoms with Crippen molar-refractivity contribution in [2.45, 2.75) is 25.3 Å². The molecule has 160 valence electrons. The molecule has 0 saturated heterocycles. The third-order valence-electron chi connectivity index (χ3n) is 4.97. The topological polar surface area (TPSA) is 99.5 Å². The minimum absolute atomic E-state index is 0.222. The number of carbonyl (C=O) groups excluding carboxylic acids is 1. The van der Waals surface area contributed by atoms with Gasteiger partial charge in [0.2, 0.25) is 0 Å². The fraction of sp³-hybridized carbons (Fsp3) is 0.333. The van der Waals surface area contributed by atoms with Crippen LogP contribution in [-0.4, -0.2) is 44.0 Å². The number of esters is 1. The Morgan fingerprint density at radius 1 is 1.17 bits per heavy atom. The van der Waals surface area contributed by atoms with E-state index in [0.29, 0.717) is 38.7 Å². The summed E-state index contributed by atoms with van der Waals surface area (Å²) >= 11 is 0. The minimum Gasteiger partial charge on any atom is -0.497 e. The van der Waals surface area contributed by atoms with E-state index in [1.807, 2.05) is 17.7 Å². The van der Waals surface area contributed by atoms with Crippen LogP contribution in [0.15, 0.2) is 35.2 Å². The molecule has 0 amide bonds. The summed E-state index contributed by atoms with van der Waals surface area (Å²) in [6.45, 7) is 3.73. The van der Waals surface area contributed by atoms with Crippen LogP contribution < -0.4 is 10.1 Å². The van der Waals surface area contributed by atoms with Crippen molar-refractivity contribution in [2.75, 3.05) is 20.1 Å². The molecule has 1 N–H and O–H groups in total. The standard InChI is InChI=1S/C21H25N3O5S/c1-13-9-15(28-4)10-14(2)20(13)30(26,27)12-22-11-18-23-19-16(21(25)29-5)7-6-8-17(19)24(18)3/h6-10,22H,11-12H2,1-5H3. The fourth-order valence-corrected chi connectivity index (χ4v) is 5.20. The molecular formula is C21H25N3O5S. The van der Waals surface area contributed by atoms with Crippen LogP contribution >= 0.6 is 0 Å². The van der Waals surface area contributed by atoms with E-state index in [4.69, 9.17) is 9.47 Å². The van der Waals surface area contributed by atoms with E-state index in [1.54, 1.807) is 45.2 Å². The van der Waals surface area contributed by atoms with Gasteiger partial charge in [0.25, 0.3) is 0 Å². The predicted octanol–water partition coefficient (Wildman–Crippen LogP) is 2.51. The second-order valence-corrected chi connectivity index (χ2v) is 8.95. The minimum atomic E-state index is -3.56. The van der Waals surface area contributed by atoms with Gasteiger partial charge in [-0.25, -0.2) is 18.2 Å². The first-order valence-electron chi connectivity index (χ1n) is 9.31. The van der Waals surface area contributed by atoms with Crippen LogP contribution in [0.2, 0.25) is 0 Å². The van der Waals surface area contributed by atoms with Gasteiger partial charge in [-0.3, -0.25) is 5.32 Å². The number of nitrogens with zero attached hydrogens (tertiary/aromatic N) is 2. The lowest BCUT2D eigenvalue weighted by atomic mass is 10.1. The summed E-state index contributed by atoms with van der Waals surface area (Å²) in [5.41, 5.74) is 2.93. The van der Waals surface area contributed by atoms with Crippen LogP contribution in [-0.2, 0) is 28.2 Å². The van der Waals surface area contributed by atoms with Gasteiger partial charge in [0.05, 0.1) is 36.7 Å². The molecule has 3 rings (SSSR count). The molecule has 0 bridgehead atoms. The number of imidazole rings is 1. The van der Waals surface area contributed by atoms with Crippen molar-refractivity contribution < 1.29 is 22.7 Å². The number of fused-ring (bicyclic) bond motifs is 1. The van der Waals surface area contributed by atoms with E-state index < -0.39 is 15.8 Å². The molecule has 0 saturated carbocycles. The molecule has 2 aromatic carbocycles. The molecule has 3 aromatic rings. The van der Waals surface area contributed by atoms with Crippen molar-refractivity contribution in [2.24, 2.45) is 7.05 Å². The SMILES string of the molecule is COC(=O)c1cccc2c1nc(CNCS(=O)(=O)c1c(C)cc(OC)cc1C)n2C. The molecular weight excluding hydrogens is 406 g/mol. The number of para-hydroxylation sites is 1. The first kappa shape index (κ1) is 21.8. The molecule has 0 aliphatic carbocycles. The smallest absolute Gasteiger partial charge is 0.340 e. The molecule has 0 unspecified atom stereocenters. The predicted molar refractivity (Wildman–Crippen MR) is 113 cm³/mol. The van der Waals surface area contributed by atoms with E-state index in [0.717, 1.165) is 5.52 Å². The number of carbonyl (C=O) groups is 1. The van der Waals surface area contributed by atoms with Crippen LogP contribution in [0.4, 0.5) is 0 Å². The third-order valence-corrected chi connectivity index (χ3v) is 6.82. The monoisotopic (exact) mass is 431 g/mol. The summed E-state index contributed by atoms with van der Waals surface area (Å²) in [6.07, 6.45) is 0. The number of sulfone groups is 1. The van der Waals surface area contributed by atoms with Crippen molar-refractivity contribution in [3.63, 3.8) is 0 Å². The van der Waals surface area contributed by atoms with Gasteiger partial charge in [-0.1, -0.05) is 6.07 Å². The summed E-state index contributed by atoms with van der Waals surface area (Å²) in [5, 5.41) is 2.97. The lowest BCUT2D eigenvalue weighted by molar-refractivity contribution is 0.0602. The van der Waals surface area contributed by atoms with Gasteiger partial charge >= 0.3 is 5.97 Å². The number of ether oxygens (including phenoxy) is 2. The molecule has 0 aliphatic rings. The van der Waals surface area contributed by atoms with Gasteiger partial charge in [-0.05, 0) is 49.2 Å². The molecule has 0 radical (unpaired) electrons. The fourth-order valence-electron chi connectivity index (χ4n) is 3.58. The Morgan fingerprint density at radius 3 is 2.43 bits per heavy atom. The van der Waals surface area contributed by atoms with Crippen LogP contribution in [0, 0.1) is 13.8 Å². The van der Waals surface area contributed by atoms with Crippen molar-refractivity contribution in [1.29, 1.82) is 0 Å². The van der Waals surface area contributed by atoms with Crippen molar-refractivity contribution in [3.05, 3.63) is 52.8 Å². The Balaban J connectivity index is 1.82. The van der Waals surface area contributed by atoms with E-state index in [9.17, 15) is 13.2 Å². The molecule has 8 nitrogen and oxygen atoms in total. The number of rotatable bonds is 7. The van der Waals surface area contributed by atoms with E-state index >= 15 is 0 Å². The second-order valence-electron chi connectivity index (χ2n) is 7.03. The zero-order chi connectivity index (χ0) is 22.1. The number of methoxy groups -OCH3 is 2. The summed E-state index contributed by atoms with van der Waals surface area (Å²) in [7, 11) is 1.12. The highest BCUT2D eigenvalue weighted by Crippen LogP contribution is 2.26. The van der Waals surface area contributed by atoms with Crippen LogP contribution in [0.25, 0.3) is 11.0 Å². The Bertz CT molecular complexity index is 1190. The summed E-state index contributed by atoms with van der Waals surface area (Å²) in [6, 6.07) is 8.67. The lowest BCUT2D eigenvalue weighted by Crippen LogP contribution is -2.25. The van der Waals surface area contributed by atoms with Crippen molar-refractivity contribution in [3.8, 4) is 5.75 Å². The Hall–Kier alpha value is -2.91. The van der Waals surface area contributed by atoms with Gasteiger partial charge in [-0.2, -0.15) is 0 Å². The third kappa shape index (κ3) is 4.03. The van der Waals surface area contributed by atoms with Gasteiger partial charge in [0.1, 0.15) is 23.0 Å². The van der Waals surface area contributed by atoms with Gasteiger partial charge in [0.15, 0.2) is 9.84 Å². The zero-order valence-corrected chi connectivity index (χ0v) is 18.5. The molecule has 0 spiro atoms. The molecule has 0 fully saturated rings. The molecule has 1 aromatic heterocycles. The average Bonchev–Trinajstić information content (AvgIpc) is 3.02. The highest BCUT2D eigenvalue weighted by molar-refractivity contribution is 7.91. The van der Waals surface area contributed by atoms with Crippen LogP contribution in [0.1, 0.15) is 27.3 Å². The Labute approximate surface area is 175 Å². The maximum Gasteiger partial charge on any atom is 0.340 e. The summed E-state index contributed by atoms with van der Waals surface area (Å²) in [4.78, 5) is 16.8. The molecule has 9 heteroatoms. The quantitative estimate of drug-likeness (QED) is 0.574. The summed E-state index contributed by atoms with van der Waals surface area (Å²) in [5.74, 6) is 0.526. The largest absolute Gasteiger partial charge is 0.497 e. The number of hydrogen-bond acceptors (Lipinski definition) is 7. The first-order chi connectivity index (χ1) is 14.2. The maximum absolute atomic E-state index is 12.9. The van der Waals surface area contributed by atoms with Crippen LogP contribution in [0.3, 0.4) is 0 Å². The second kappa shape index (κ2) is 8.45. The summed E-state index contributed by atoms with van der Waals surface area (Å²) < 4.78 is 37.7. The molecule has 1 heterocycles. The lowest BCUT2D eigenvalue weighted by Gasteiger charge is -2.13. The highest BCUT2D eigenvalue weighted by Gasteiger charge is 2.21. The number of hydrogen-bond donors (Lipinski definition) is 1. The number of benzene rings is 2. The molecule has 30 heavy (non-hydrogen) atoms. The maximum atomic E-state index is 12.9. The van der Waals surface area contributed by atoms with E-state index in [-0.39, 0.29) is 12.4 Å². The van der Waals surface area contributed by atoms with Gasteiger partial charge in [0, 0.05) is 7.05 Å². The first-order valence-corrected chi connectivity index (χ1v) is 11.0. The van der Waals surface area contributed by atoms with E-state index in [1.165, 1.54) is 7.11 Å². The molecule has 0 aliphatic heterocycles. The van der Waals surface area contributed by atoms with Crippen molar-refractivity contribution >= 4 is 26.8 Å². The number of aromatic nitrogens is 2. The van der Waals surface area contributed by atoms with Gasteiger partial charge < -0.3 is 14.0 Å². The zero-order valence-electron chi connectivity index (χ0n) is 17.6. The van der Waals surface area contributed by atoms with E-state index in [2.05, 4.69) is 10.3 Å². The van der Waals surface area contributed by atoms with Gasteiger partial charge in [-0.15, -0.1) is 0 Å². The Morgan fingerprint density at radius 2 is 1.83 bits per heavy atom. The highest BCUT2D eigenvalue weighted by atomic mass is 32.2. The van der Waals surface area contributed by atoms with Crippen molar-refractivity contribution in [1.82, 2.24) is 14.9 Å².